The monoisotopic (exact) mass is 294 g/mol. The Hall–Kier alpha value is -2.60. The average Bonchev–Trinajstić information content (AvgIpc) is 3.33. The molecule has 2 aromatic carbocycles. The molecule has 110 valence electrons. The Morgan fingerprint density at radius 1 is 0.652 bits per heavy atom. The van der Waals surface area contributed by atoms with Crippen molar-refractivity contribution in [1.29, 1.82) is 0 Å². The van der Waals surface area contributed by atoms with Crippen LogP contribution in [0.4, 0.5) is 0 Å². The van der Waals surface area contributed by atoms with Crippen LogP contribution >= 0.6 is 0 Å². The predicted octanol–water partition coefficient (Wildman–Crippen LogP) is 5.68. The summed E-state index contributed by atoms with van der Waals surface area (Å²) < 4.78 is 0. The van der Waals surface area contributed by atoms with Gasteiger partial charge in [0.1, 0.15) is 0 Å². The third-order valence-corrected chi connectivity index (χ3v) is 5.25. The fourth-order valence-corrected chi connectivity index (χ4v) is 4.20. The number of benzene rings is 2. The summed E-state index contributed by atoms with van der Waals surface area (Å²) in [5, 5.41) is 0. The molecule has 3 aliphatic rings. The van der Waals surface area contributed by atoms with Gasteiger partial charge in [0.2, 0.25) is 0 Å². The molecule has 0 saturated carbocycles. The Morgan fingerprint density at radius 2 is 1.35 bits per heavy atom. The van der Waals surface area contributed by atoms with Crippen molar-refractivity contribution in [1.82, 2.24) is 0 Å². The third kappa shape index (κ3) is 1.91. The Morgan fingerprint density at radius 3 is 2.13 bits per heavy atom. The summed E-state index contributed by atoms with van der Waals surface area (Å²) in [5.41, 5.74) is 8.81. The minimum atomic E-state index is 0.414. The van der Waals surface area contributed by atoms with Gasteiger partial charge in [0, 0.05) is 11.8 Å². The van der Waals surface area contributed by atoms with Crippen LogP contribution in [0.15, 0.2) is 85.0 Å². The molecule has 0 aliphatic heterocycles. The van der Waals surface area contributed by atoms with Crippen LogP contribution in [0.3, 0.4) is 0 Å². The van der Waals surface area contributed by atoms with Crippen LogP contribution in [-0.2, 0) is 6.42 Å². The van der Waals surface area contributed by atoms with Gasteiger partial charge in [-0.15, -0.1) is 0 Å². The quantitative estimate of drug-likeness (QED) is 0.570. The normalized spacial score (nSPS) is 18.1. The lowest BCUT2D eigenvalue weighted by molar-refractivity contribution is 0.973. The van der Waals surface area contributed by atoms with E-state index in [-0.39, 0.29) is 0 Å². The molecule has 0 nitrogen and oxygen atoms in total. The van der Waals surface area contributed by atoms with Gasteiger partial charge in [0.15, 0.2) is 0 Å². The highest BCUT2D eigenvalue weighted by Gasteiger charge is 2.27. The topological polar surface area (TPSA) is 0 Å². The van der Waals surface area contributed by atoms with Gasteiger partial charge in [-0.2, -0.15) is 0 Å². The summed E-state index contributed by atoms with van der Waals surface area (Å²) in [7, 11) is 0. The molecule has 0 fully saturated rings. The highest BCUT2D eigenvalue weighted by atomic mass is 14.3. The largest absolute Gasteiger partial charge is 0.0732 e. The van der Waals surface area contributed by atoms with E-state index in [0.717, 1.165) is 6.42 Å². The van der Waals surface area contributed by atoms with Gasteiger partial charge in [-0.05, 0) is 39.8 Å². The Balaban J connectivity index is 1.75. The van der Waals surface area contributed by atoms with Crippen LogP contribution in [0.2, 0.25) is 0 Å². The lowest BCUT2D eigenvalue weighted by Gasteiger charge is -2.21. The minimum Gasteiger partial charge on any atom is -0.0732 e. The molecule has 0 unspecified atom stereocenters. The number of rotatable bonds is 2. The van der Waals surface area contributed by atoms with E-state index in [1.807, 2.05) is 0 Å². The second kappa shape index (κ2) is 4.96. The molecule has 0 atom stereocenters. The smallest absolute Gasteiger partial charge is 0.0211 e. The van der Waals surface area contributed by atoms with Crippen molar-refractivity contribution in [3.05, 3.63) is 107 Å². The maximum absolute atomic E-state index is 2.35. The fourth-order valence-electron chi connectivity index (χ4n) is 4.20. The van der Waals surface area contributed by atoms with Gasteiger partial charge in [-0.3, -0.25) is 0 Å². The van der Waals surface area contributed by atoms with Crippen LogP contribution in [0.1, 0.15) is 34.1 Å². The lowest BCUT2D eigenvalue weighted by Crippen LogP contribution is -2.05. The first-order valence-corrected chi connectivity index (χ1v) is 8.36. The zero-order valence-corrected chi connectivity index (χ0v) is 12.9. The number of fused-ring (bicyclic) bond motifs is 3. The highest BCUT2D eigenvalue weighted by molar-refractivity contribution is 5.79. The van der Waals surface area contributed by atoms with Crippen molar-refractivity contribution in [2.24, 2.45) is 0 Å². The summed E-state index contributed by atoms with van der Waals surface area (Å²) in [4.78, 5) is 0. The Kier molecular flexibility index (Phi) is 2.78. The maximum Gasteiger partial charge on any atom is 0.0211 e. The first-order chi connectivity index (χ1) is 11.4. The lowest BCUT2D eigenvalue weighted by atomic mass is 9.83. The third-order valence-electron chi connectivity index (χ3n) is 5.25. The first-order valence-electron chi connectivity index (χ1n) is 8.36. The van der Waals surface area contributed by atoms with Gasteiger partial charge in [-0.1, -0.05) is 85.0 Å². The van der Waals surface area contributed by atoms with Gasteiger partial charge in [-0.25, -0.2) is 0 Å². The van der Waals surface area contributed by atoms with E-state index >= 15 is 0 Å². The molecular weight excluding hydrogens is 276 g/mol. The summed E-state index contributed by atoms with van der Waals surface area (Å²) in [6.45, 7) is 0. The van der Waals surface area contributed by atoms with E-state index in [1.165, 1.54) is 33.4 Å². The Bertz CT molecular complexity index is 882. The number of hydrogen-bond acceptors (Lipinski definition) is 0. The molecule has 23 heavy (non-hydrogen) atoms. The summed E-state index contributed by atoms with van der Waals surface area (Å²) in [6, 6.07) is 13.5. The second-order valence-corrected chi connectivity index (χ2v) is 6.52. The first kappa shape index (κ1) is 12.9. The molecule has 0 saturated heterocycles. The molecule has 0 N–H and O–H groups in total. The van der Waals surface area contributed by atoms with Crippen molar-refractivity contribution < 1.29 is 0 Å². The molecule has 0 heteroatoms. The maximum atomic E-state index is 2.35. The second-order valence-electron chi connectivity index (χ2n) is 6.52. The van der Waals surface area contributed by atoms with E-state index in [2.05, 4.69) is 85.0 Å². The van der Waals surface area contributed by atoms with E-state index in [9.17, 15) is 0 Å². The van der Waals surface area contributed by atoms with Crippen molar-refractivity contribution in [2.75, 3.05) is 0 Å². The Labute approximate surface area is 137 Å². The van der Waals surface area contributed by atoms with Crippen molar-refractivity contribution >= 4 is 0 Å². The van der Waals surface area contributed by atoms with Gasteiger partial charge >= 0.3 is 0 Å². The molecule has 2 aromatic rings. The van der Waals surface area contributed by atoms with E-state index < -0.39 is 0 Å². The van der Waals surface area contributed by atoms with Gasteiger partial charge in [0.25, 0.3) is 0 Å². The van der Waals surface area contributed by atoms with E-state index in [4.69, 9.17) is 0 Å². The van der Waals surface area contributed by atoms with Crippen molar-refractivity contribution in [2.45, 2.75) is 18.3 Å². The standard InChI is InChI=1S/C23H18/c1-2-8-16(7-1)20-13-14-21-19-12-6-5-11-18(19)15-22(21)23(20)17-9-3-4-10-17/h1-14,16-17H,15H2. The van der Waals surface area contributed by atoms with Crippen molar-refractivity contribution in [3.8, 4) is 11.1 Å². The molecule has 0 spiro atoms. The average molecular weight is 294 g/mol. The number of allylic oxidation sites excluding steroid dienone is 8. The summed E-state index contributed by atoms with van der Waals surface area (Å²) in [6.07, 6.45) is 19.0. The van der Waals surface area contributed by atoms with E-state index in [1.54, 1.807) is 0 Å². The summed E-state index contributed by atoms with van der Waals surface area (Å²) >= 11 is 0. The molecule has 0 heterocycles. The molecule has 0 aromatic heterocycles. The predicted molar refractivity (Wildman–Crippen MR) is 96.7 cm³/mol. The fraction of sp³-hybridized carbons (Fsp3) is 0.130. The van der Waals surface area contributed by atoms with Crippen LogP contribution < -0.4 is 0 Å². The SMILES string of the molecule is C1=CC(c2ccc3c(c2C2C=CC=C2)Cc2ccccc2-3)C=C1. The molecule has 0 bridgehead atoms. The van der Waals surface area contributed by atoms with Crippen LogP contribution in [0.5, 0.6) is 0 Å². The molecular formula is C23H18. The molecule has 0 amide bonds. The van der Waals surface area contributed by atoms with Crippen LogP contribution in [-0.4, -0.2) is 0 Å². The van der Waals surface area contributed by atoms with Crippen molar-refractivity contribution in [3.63, 3.8) is 0 Å². The van der Waals surface area contributed by atoms with Crippen LogP contribution in [0, 0.1) is 0 Å². The zero-order valence-electron chi connectivity index (χ0n) is 12.9. The molecule has 3 aliphatic carbocycles. The highest BCUT2D eigenvalue weighted by Crippen LogP contribution is 2.45. The van der Waals surface area contributed by atoms with Crippen LogP contribution in [0.25, 0.3) is 11.1 Å². The minimum absolute atomic E-state index is 0.414. The number of hydrogen-bond donors (Lipinski definition) is 0. The molecule has 0 radical (unpaired) electrons. The van der Waals surface area contributed by atoms with E-state index in [0.29, 0.717) is 11.8 Å². The zero-order chi connectivity index (χ0) is 15.2. The van der Waals surface area contributed by atoms with Gasteiger partial charge in [0.05, 0.1) is 0 Å². The summed E-state index contributed by atoms with van der Waals surface area (Å²) in [5.74, 6) is 0.832. The molecule has 5 rings (SSSR count). The van der Waals surface area contributed by atoms with Gasteiger partial charge < -0.3 is 0 Å².